The fourth-order valence-corrected chi connectivity index (χ4v) is 9.88. The molecule has 5 heteroatoms. The number of fused-ring (bicyclic) bond motifs is 15. The highest BCUT2D eigenvalue weighted by molar-refractivity contribution is 6.40. The number of benzene rings is 9. The van der Waals surface area contributed by atoms with Crippen molar-refractivity contribution in [1.29, 1.82) is 0 Å². The van der Waals surface area contributed by atoms with E-state index in [2.05, 4.69) is 175 Å². The van der Waals surface area contributed by atoms with Crippen LogP contribution in [-0.2, 0) is 6.42 Å². The molecule has 0 saturated carbocycles. The van der Waals surface area contributed by atoms with Crippen molar-refractivity contribution in [1.82, 2.24) is 14.5 Å². The van der Waals surface area contributed by atoms with Crippen molar-refractivity contribution in [3.63, 3.8) is 0 Å². The van der Waals surface area contributed by atoms with Gasteiger partial charge in [-0.2, -0.15) is 0 Å². The third kappa shape index (κ3) is 5.01. The number of aromatic nitrogens is 3. The van der Waals surface area contributed by atoms with Gasteiger partial charge in [-0.3, -0.25) is 4.57 Å². The van der Waals surface area contributed by atoms with Crippen molar-refractivity contribution in [3.05, 3.63) is 199 Å². The highest BCUT2D eigenvalue weighted by atomic mass is 16.3. The molecular formula is C56H35N3O2. The Morgan fingerprint density at radius 1 is 0.475 bits per heavy atom. The Morgan fingerprint density at radius 2 is 1.16 bits per heavy atom. The molecule has 0 fully saturated rings. The van der Waals surface area contributed by atoms with E-state index in [0.29, 0.717) is 5.95 Å². The first-order valence-corrected chi connectivity index (χ1v) is 20.8. The van der Waals surface area contributed by atoms with Gasteiger partial charge in [0, 0.05) is 48.7 Å². The molecule has 0 aliphatic rings. The summed E-state index contributed by atoms with van der Waals surface area (Å²) in [4.78, 5) is 11.0. The molecule has 0 radical (unpaired) electrons. The third-order valence-electron chi connectivity index (χ3n) is 12.6. The summed E-state index contributed by atoms with van der Waals surface area (Å²) in [6.45, 7) is 2.19. The van der Waals surface area contributed by atoms with Crippen molar-refractivity contribution in [2.45, 2.75) is 13.3 Å². The molecule has 0 bridgehead atoms. The monoisotopic (exact) mass is 781 g/mol. The predicted molar refractivity (Wildman–Crippen MR) is 251 cm³/mol. The van der Waals surface area contributed by atoms with Gasteiger partial charge in [0.1, 0.15) is 22.3 Å². The lowest BCUT2D eigenvalue weighted by Gasteiger charge is -2.16. The third-order valence-corrected chi connectivity index (χ3v) is 12.6. The average molecular weight is 782 g/mol. The minimum atomic E-state index is 0.597. The van der Waals surface area contributed by atoms with Gasteiger partial charge in [0.05, 0.1) is 27.6 Å². The zero-order valence-corrected chi connectivity index (χ0v) is 33.2. The van der Waals surface area contributed by atoms with E-state index in [1.807, 2.05) is 18.2 Å². The van der Waals surface area contributed by atoms with Crippen LogP contribution >= 0.6 is 0 Å². The van der Waals surface area contributed by atoms with Crippen LogP contribution in [0.3, 0.4) is 0 Å². The normalized spacial score (nSPS) is 12.1. The van der Waals surface area contributed by atoms with Gasteiger partial charge in [-0.05, 0) is 83.6 Å². The van der Waals surface area contributed by atoms with E-state index in [4.69, 9.17) is 18.8 Å². The zero-order valence-electron chi connectivity index (χ0n) is 33.2. The lowest BCUT2D eigenvalue weighted by molar-refractivity contribution is 0.669. The second-order valence-corrected chi connectivity index (χ2v) is 16.1. The van der Waals surface area contributed by atoms with Crippen LogP contribution in [0.1, 0.15) is 16.7 Å². The Bertz CT molecular complexity index is 3930. The zero-order chi connectivity index (χ0) is 40.2. The van der Waals surface area contributed by atoms with Crippen molar-refractivity contribution in [3.8, 4) is 28.3 Å². The summed E-state index contributed by atoms with van der Waals surface area (Å²) >= 11 is 0. The van der Waals surface area contributed by atoms with Crippen LogP contribution in [0.15, 0.2) is 191 Å². The highest BCUT2D eigenvalue weighted by Crippen LogP contribution is 2.49. The number of nitrogens with zero attached hydrogens (tertiary/aromatic N) is 3. The van der Waals surface area contributed by atoms with E-state index in [-0.39, 0.29) is 0 Å². The Labute approximate surface area is 349 Å². The van der Waals surface area contributed by atoms with Crippen LogP contribution < -0.4 is 0 Å². The smallest absolute Gasteiger partial charge is 0.235 e. The molecule has 0 spiro atoms. The molecule has 0 amide bonds. The van der Waals surface area contributed by atoms with Crippen LogP contribution in [0.2, 0.25) is 0 Å². The molecule has 0 aliphatic heterocycles. The molecule has 13 rings (SSSR count). The van der Waals surface area contributed by atoms with Gasteiger partial charge in [0.2, 0.25) is 5.95 Å². The number of aryl methyl sites for hydroxylation is 1. The minimum Gasteiger partial charge on any atom is -0.456 e. The topological polar surface area (TPSA) is 57.0 Å². The SMILES string of the molecule is Cc1ccccc1-c1cc(-c2nc(-n3c4ccccc4c4c5oc6ccccc6c5c5c(ccc6oc7ccccc7c65)c43)nc3ccccc23)ccc1Cc1ccccc1. The lowest BCUT2D eigenvalue weighted by Crippen LogP contribution is -2.04. The molecule has 13 aromatic rings. The summed E-state index contributed by atoms with van der Waals surface area (Å²) in [6.07, 6.45) is 0.824. The van der Waals surface area contributed by atoms with Crippen molar-refractivity contribution in [2.75, 3.05) is 0 Å². The molecule has 4 heterocycles. The second kappa shape index (κ2) is 13.0. The number of furan rings is 2. The summed E-state index contributed by atoms with van der Waals surface area (Å²) in [5.74, 6) is 0.597. The first kappa shape index (κ1) is 33.9. The maximum Gasteiger partial charge on any atom is 0.235 e. The molecule has 5 nitrogen and oxygen atoms in total. The molecule has 9 aromatic carbocycles. The summed E-state index contributed by atoms with van der Waals surface area (Å²) in [5, 5.41) is 9.57. The maximum absolute atomic E-state index is 6.97. The molecule has 61 heavy (non-hydrogen) atoms. The Balaban J connectivity index is 1.15. The predicted octanol–water partition coefficient (Wildman–Crippen LogP) is 14.9. The molecule has 0 aliphatic carbocycles. The first-order chi connectivity index (χ1) is 30.2. The summed E-state index contributed by atoms with van der Waals surface area (Å²) in [6, 6.07) is 64.2. The van der Waals surface area contributed by atoms with Gasteiger partial charge in [-0.25, -0.2) is 9.97 Å². The van der Waals surface area contributed by atoms with E-state index in [1.54, 1.807) is 0 Å². The van der Waals surface area contributed by atoms with E-state index in [1.165, 1.54) is 27.8 Å². The first-order valence-electron chi connectivity index (χ1n) is 20.8. The van der Waals surface area contributed by atoms with E-state index >= 15 is 0 Å². The quantitative estimate of drug-likeness (QED) is 0.174. The molecule has 0 saturated heterocycles. The largest absolute Gasteiger partial charge is 0.456 e. The molecule has 4 aromatic heterocycles. The minimum absolute atomic E-state index is 0.597. The standard InChI is InChI=1S/C56H35N3O2/c1-33-15-5-6-18-37(33)43-32-36(28-27-35(43)31-34-16-3-2-4-17-34)53-38-19-7-11-23-44(38)57-56(58-53)59-45-24-12-8-20-39(45)52-54(59)42-29-30-48-49(40-21-9-13-25-46(40)60-48)50(42)51-41-22-10-14-26-47(41)61-55(51)52/h2-30,32H,31H2,1H3. The Morgan fingerprint density at radius 3 is 2.00 bits per heavy atom. The number of para-hydroxylation sites is 4. The van der Waals surface area contributed by atoms with Gasteiger partial charge >= 0.3 is 0 Å². The van der Waals surface area contributed by atoms with E-state index in [9.17, 15) is 0 Å². The molecule has 0 atom stereocenters. The van der Waals surface area contributed by atoms with E-state index in [0.717, 1.165) is 105 Å². The molecule has 286 valence electrons. The average Bonchev–Trinajstić information content (AvgIpc) is 4.00. The van der Waals surface area contributed by atoms with Crippen LogP contribution in [0.4, 0.5) is 0 Å². The van der Waals surface area contributed by atoms with Gasteiger partial charge in [-0.1, -0.05) is 140 Å². The fraction of sp³-hybridized carbons (Fsp3) is 0.0357. The van der Waals surface area contributed by atoms with Crippen LogP contribution in [0, 0.1) is 6.92 Å². The summed E-state index contributed by atoms with van der Waals surface area (Å²) in [5.41, 5.74) is 14.4. The van der Waals surface area contributed by atoms with Crippen LogP contribution in [0.5, 0.6) is 0 Å². The molecule has 0 unspecified atom stereocenters. The van der Waals surface area contributed by atoms with Crippen molar-refractivity contribution in [2.24, 2.45) is 0 Å². The number of hydrogen-bond acceptors (Lipinski definition) is 4. The van der Waals surface area contributed by atoms with Crippen molar-refractivity contribution >= 4 is 87.4 Å². The second-order valence-electron chi connectivity index (χ2n) is 16.1. The lowest BCUT2D eigenvalue weighted by atomic mass is 9.90. The highest BCUT2D eigenvalue weighted by Gasteiger charge is 2.27. The number of hydrogen-bond donors (Lipinski definition) is 0. The van der Waals surface area contributed by atoms with E-state index < -0.39 is 0 Å². The summed E-state index contributed by atoms with van der Waals surface area (Å²) in [7, 11) is 0. The van der Waals surface area contributed by atoms with Gasteiger partial charge in [-0.15, -0.1) is 0 Å². The van der Waals surface area contributed by atoms with Crippen molar-refractivity contribution < 1.29 is 8.83 Å². The number of rotatable bonds is 5. The van der Waals surface area contributed by atoms with Gasteiger partial charge < -0.3 is 8.83 Å². The van der Waals surface area contributed by atoms with Gasteiger partial charge in [0.25, 0.3) is 0 Å². The molecule has 0 N–H and O–H groups in total. The van der Waals surface area contributed by atoms with Crippen LogP contribution in [-0.4, -0.2) is 14.5 Å². The summed E-state index contributed by atoms with van der Waals surface area (Å²) < 4.78 is 15.8. The van der Waals surface area contributed by atoms with Crippen LogP contribution in [0.25, 0.3) is 116 Å². The Kier molecular flexibility index (Phi) is 7.22. The Hall–Kier alpha value is -8.02. The maximum atomic E-state index is 6.97. The fourth-order valence-electron chi connectivity index (χ4n) is 9.88. The van der Waals surface area contributed by atoms with Gasteiger partial charge in [0.15, 0.2) is 0 Å². The molecular weight excluding hydrogens is 747 g/mol.